The third-order valence-corrected chi connectivity index (χ3v) is 6.10. The van der Waals surface area contributed by atoms with Crippen molar-refractivity contribution in [2.24, 2.45) is 0 Å². The summed E-state index contributed by atoms with van der Waals surface area (Å²) >= 11 is 0. The number of nitrogens with one attached hydrogen (secondary N) is 1. The molecule has 1 fully saturated rings. The Balaban J connectivity index is 1.31. The topological polar surface area (TPSA) is 80.9 Å². The van der Waals surface area contributed by atoms with Crippen molar-refractivity contribution in [2.75, 3.05) is 13.1 Å². The third kappa shape index (κ3) is 4.20. The van der Waals surface area contributed by atoms with Crippen molar-refractivity contribution in [3.63, 3.8) is 0 Å². The maximum Gasteiger partial charge on any atom is 0.317 e. The molecular formula is C20H31N7O. The van der Waals surface area contributed by atoms with E-state index < -0.39 is 0 Å². The number of aryl methyl sites for hydroxylation is 1. The van der Waals surface area contributed by atoms with Crippen LogP contribution in [0.5, 0.6) is 0 Å². The van der Waals surface area contributed by atoms with Crippen LogP contribution in [-0.2, 0) is 19.5 Å². The first kappa shape index (κ1) is 19.0. The Kier molecular flexibility index (Phi) is 5.92. The first-order chi connectivity index (χ1) is 13.7. The molecule has 1 atom stereocenters. The first-order valence-electron chi connectivity index (χ1n) is 10.7. The number of carbonyl (C=O) groups is 1. The molecule has 152 valence electrons. The number of piperidine rings is 1. The summed E-state index contributed by atoms with van der Waals surface area (Å²) in [5.41, 5.74) is 0. The Morgan fingerprint density at radius 3 is 2.82 bits per heavy atom. The largest absolute Gasteiger partial charge is 0.335 e. The number of hydrogen-bond donors (Lipinski definition) is 1. The summed E-state index contributed by atoms with van der Waals surface area (Å²) in [6, 6.07) is 0.164. The molecule has 0 saturated carbocycles. The summed E-state index contributed by atoms with van der Waals surface area (Å²) in [5.74, 6) is 2.71. The zero-order chi connectivity index (χ0) is 19.3. The van der Waals surface area contributed by atoms with Crippen molar-refractivity contribution in [3.8, 4) is 0 Å². The maximum atomic E-state index is 12.7. The monoisotopic (exact) mass is 385 g/mol. The number of likely N-dealkylation sites (tertiary alicyclic amines) is 1. The lowest BCUT2D eigenvalue weighted by Gasteiger charge is -2.33. The molecule has 1 N–H and O–H groups in total. The molecule has 4 heterocycles. The van der Waals surface area contributed by atoms with Gasteiger partial charge in [-0.15, -0.1) is 10.2 Å². The van der Waals surface area contributed by atoms with Gasteiger partial charge in [0.1, 0.15) is 11.6 Å². The molecule has 2 aliphatic rings. The van der Waals surface area contributed by atoms with Gasteiger partial charge in [0.25, 0.3) is 0 Å². The summed E-state index contributed by atoms with van der Waals surface area (Å²) in [6.45, 7) is 5.46. The molecule has 2 aromatic heterocycles. The van der Waals surface area contributed by atoms with E-state index >= 15 is 0 Å². The molecule has 8 nitrogen and oxygen atoms in total. The third-order valence-electron chi connectivity index (χ3n) is 6.10. The minimum Gasteiger partial charge on any atom is -0.335 e. The quantitative estimate of drug-likeness (QED) is 0.858. The number of imidazole rings is 1. The lowest BCUT2D eigenvalue weighted by molar-refractivity contribution is 0.174. The van der Waals surface area contributed by atoms with E-state index in [1.54, 1.807) is 12.5 Å². The van der Waals surface area contributed by atoms with Crippen LogP contribution in [0.1, 0.15) is 63.0 Å². The first-order valence-corrected chi connectivity index (χ1v) is 10.7. The Labute approximate surface area is 166 Å². The van der Waals surface area contributed by atoms with E-state index in [0.29, 0.717) is 5.92 Å². The molecule has 2 aromatic rings. The number of nitrogens with zero attached hydrogens (tertiary/aromatic N) is 6. The molecule has 0 spiro atoms. The van der Waals surface area contributed by atoms with Gasteiger partial charge in [0.05, 0.1) is 6.33 Å². The molecule has 0 aromatic carbocycles. The van der Waals surface area contributed by atoms with Crippen LogP contribution in [0.15, 0.2) is 18.7 Å². The Morgan fingerprint density at radius 1 is 1.21 bits per heavy atom. The van der Waals surface area contributed by atoms with E-state index in [9.17, 15) is 4.79 Å². The lowest BCUT2D eigenvalue weighted by atomic mass is 9.96. The van der Waals surface area contributed by atoms with Gasteiger partial charge in [-0.3, -0.25) is 0 Å². The van der Waals surface area contributed by atoms with Crippen molar-refractivity contribution in [3.05, 3.63) is 30.4 Å². The number of aromatic nitrogens is 5. The van der Waals surface area contributed by atoms with Crippen LogP contribution in [0.25, 0.3) is 0 Å². The fourth-order valence-corrected chi connectivity index (χ4v) is 4.34. The highest BCUT2D eigenvalue weighted by Gasteiger charge is 2.29. The molecule has 1 saturated heterocycles. The SMILES string of the molecule is CCC(Cn1ccnc1)NC(=O)N1CCC(c2nnc3n2CCCCC3)CC1. The smallest absolute Gasteiger partial charge is 0.317 e. The summed E-state index contributed by atoms with van der Waals surface area (Å²) in [6.07, 6.45) is 13.1. The molecule has 0 aliphatic carbocycles. The van der Waals surface area contributed by atoms with Crippen LogP contribution in [0.3, 0.4) is 0 Å². The van der Waals surface area contributed by atoms with Crippen molar-refractivity contribution in [2.45, 2.75) is 76.9 Å². The number of hydrogen-bond acceptors (Lipinski definition) is 4. The number of fused-ring (bicyclic) bond motifs is 1. The predicted molar refractivity (Wildman–Crippen MR) is 106 cm³/mol. The Morgan fingerprint density at radius 2 is 2.07 bits per heavy atom. The van der Waals surface area contributed by atoms with E-state index in [1.165, 1.54) is 19.3 Å². The molecule has 0 bridgehead atoms. The number of rotatable bonds is 5. The van der Waals surface area contributed by atoms with Crippen LogP contribution in [0.4, 0.5) is 4.79 Å². The summed E-state index contributed by atoms with van der Waals surface area (Å²) in [5, 5.41) is 12.2. The molecule has 0 radical (unpaired) electrons. The number of urea groups is 1. The summed E-state index contributed by atoms with van der Waals surface area (Å²) < 4.78 is 4.36. The number of amides is 2. The highest BCUT2D eigenvalue weighted by molar-refractivity contribution is 5.74. The minimum absolute atomic E-state index is 0.0467. The number of carbonyl (C=O) groups excluding carboxylic acids is 1. The second kappa shape index (κ2) is 8.75. The Hall–Kier alpha value is -2.38. The fraction of sp³-hybridized carbons (Fsp3) is 0.700. The van der Waals surface area contributed by atoms with E-state index in [1.807, 2.05) is 15.7 Å². The molecular weight excluding hydrogens is 354 g/mol. The summed E-state index contributed by atoms with van der Waals surface area (Å²) in [7, 11) is 0. The van der Waals surface area contributed by atoms with E-state index in [2.05, 4.69) is 32.0 Å². The van der Waals surface area contributed by atoms with Gasteiger partial charge in [0, 0.05) is 57.0 Å². The van der Waals surface area contributed by atoms with Crippen molar-refractivity contribution >= 4 is 6.03 Å². The highest BCUT2D eigenvalue weighted by Crippen LogP contribution is 2.29. The van der Waals surface area contributed by atoms with Gasteiger partial charge in [-0.25, -0.2) is 9.78 Å². The van der Waals surface area contributed by atoms with E-state index in [0.717, 1.165) is 63.5 Å². The second-order valence-electron chi connectivity index (χ2n) is 8.01. The van der Waals surface area contributed by atoms with E-state index in [4.69, 9.17) is 0 Å². The Bertz CT molecular complexity index is 762. The van der Waals surface area contributed by atoms with Crippen LogP contribution in [0.2, 0.25) is 0 Å². The molecule has 8 heteroatoms. The molecule has 2 amide bonds. The van der Waals surface area contributed by atoms with Crippen molar-refractivity contribution < 1.29 is 4.79 Å². The molecule has 4 rings (SSSR count). The van der Waals surface area contributed by atoms with Gasteiger partial charge in [0.15, 0.2) is 0 Å². The van der Waals surface area contributed by atoms with Crippen LogP contribution < -0.4 is 5.32 Å². The second-order valence-corrected chi connectivity index (χ2v) is 8.01. The van der Waals surface area contributed by atoms with Crippen LogP contribution in [0, 0.1) is 0 Å². The van der Waals surface area contributed by atoms with Gasteiger partial charge in [-0.2, -0.15) is 0 Å². The standard InChI is InChI=1S/C20H31N7O/c1-2-17(14-25-13-9-21-15-25)22-20(28)26-11-7-16(8-12-26)19-24-23-18-6-4-3-5-10-27(18)19/h9,13,15-17H,2-8,10-12,14H2,1H3,(H,22,28). The van der Waals surface area contributed by atoms with Crippen LogP contribution >= 0.6 is 0 Å². The maximum absolute atomic E-state index is 12.7. The van der Waals surface area contributed by atoms with Gasteiger partial charge in [0.2, 0.25) is 0 Å². The van der Waals surface area contributed by atoms with Crippen molar-refractivity contribution in [1.82, 2.24) is 34.5 Å². The van der Waals surface area contributed by atoms with E-state index in [-0.39, 0.29) is 12.1 Å². The average molecular weight is 386 g/mol. The van der Waals surface area contributed by atoms with Crippen LogP contribution in [-0.4, -0.2) is 54.4 Å². The fourth-order valence-electron chi connectivity index (χ4n) is 4.34. The zero-order valence-electron chi connectivity index (χ0n) is 16.8. The van der Waals surface area contributed by atoms with Gasteiger partial charge < -0.3 is 19.4 Å². The zero-order valence-corrected chi connectivity index (χ0v) is 16.8. The van der Waals surface area contributed by atoms with Gasteiger partial charge >= 0.3 is 6.03 Å². The summed E-state index contributed by atoms with van der Waals surface area (Å²) in [4.78, 5) is 18.7. The predicted octanol–water partition coefficient (Wildman–Crippen LogP) is 2.57. The van der Waals surface area contributed by atoms with Crippen molar-refractivity contribution in [1.29, 1.82) is 0 Å². The normalized spacial score (nSPS) is 19.1. The highest BCUT2D eigenvalue weighted by atomic mass is 16.2. The van der Waals surface area contributed by atoms with Gasteiger partial charge in [-0.1, -0.05) is 13.3 Å². The molecule has 28 heavy (non-hydrogen) atoms. The lowest BCUT2D eigenvalue weighted by Crippen LogP contribution is -2.48. The minimum atomic E-state index is 0.0467. The molecule has 1 unspecified atom stereocenters. The van der Waals surface area contributed by atoms with Gasteiger partial charge in [-0.05, 0) is 32.1 Å². The molecule has 2 aliphatic heterocycles. The average Bonchev–Trinajstić information content (AvgIpc) is 3.32.